The zero-order chi connectivity index (χ0) is 22.2. The molecule has 3 aromatic heterocycles. The van der Waals surface area contributed by atoms with Crippen molar-refractivity contribution in [3.8, 4) is 11.5 Å². The third kappa shape index (κ3) is 3.91. The number of thiophene rings is 1. The lowest BCUT2D eigenvalue weighted by Crippen LogP contribution is -2.23. The van der Waals surface area contributed by atoms with E-state index in [4.69, 9.17) is 21.0 Å². The Morgan fingerprint density at radius 1 is 1.34 bits per heavy atom. The molecule has 0 spiro atoms. The normalized spacial score (nSPS) is 14.4. The second-order valence-electron chi connectivity index (χ2n) is 7.71. The van der Waals surface area contributed by atoms with E-state index < -0.39 is 0 Å². The molecular weight excluding hydrogens is 464 g/mol. The molecule has 0 aliphatic heterocycles. The molecule has 0 N–H and O–H groups in total. The van der Waals surface area contributed by atoms with Crippen LogP contribution in [0.3, 0.4) is 0 Å². The zero-order valence-corrected chi connectivity index (χ0v) is 19.9. The van der Waals surface area contributed by atoms with Gasteiger partial charge in [0.15, 0.2) is 5.16 Å². The predicted octanol–water partition coefficient (Wildman–Crippen LogP) is 6.08. The van der Waals surface area contributed by atoms with Gasteiger partial charge in [0.2, 0.25) is 11.8 Å². The second kappa shape index (κ2) is 8.84. The molecule has 0 unspecified atom stereocenters. The fourth-order valence-electron chi connectivity index (χ4n) is 3.95. The summed E-state index contributed by atoms with van der Waals surface area (Å²) in [7, 11) is 0. The summed E-state index contributed by atoms with van der Waals surface area (Å²) in [6.07, 6.45) is 6.01. The Bertz CT molecular complexity index is 1370. The lowest BCUT2D eigenvalue weighted by molar-refractivity contribution is 0.508. The molecule has 0 saturated carbocycles. The van der Waals surface area contributed by atoms with Crippen LogP contribution >= 0.6 is 34.7 Å². The molecule has 6 nitrogen and oxygen atoms in total. The van der Waals surface area contributed by atoms with Crippen LogP contribution in [0.1, 0.15) is 41.3 Å². The SMILES string of the molecule is C=CCn1c(S[C@@H](C)c2nnc(-c3cccc(Cl)c3)o2)nc2sc3c(c2c1=O)CCCC3. The van der Waals surface area contributed by atoms with Crippen molar-refractivity contribution in [2.75, 3.05) is 0 Å². The number of benzene rings is 1. The molecule has 1 aliphatic rings. The zero-order valence-electron chi connectivity index (χ0n) is 17.5. The van der Waals surface area contributed by atoms with E-state index in [1.54, 1.807) is 34.1 Å². The van der Waals surface area contributed by atoms with Gasteiger partial charge >= 0.3 is 0 Å². The lowest BCUT2D eigenvalue weighted by atomic mass is 9.97. The van der Waals surface area contributed by atoms with Crippen molar-refractivity contribution >= 4 is 44.9 Å². The molecule has 0 fully saturated rings. The van der Waals surface area contributed by atoms with E-state index in [1.807, 2.05) is 19.1 Å². The first-order chi connectivity index (χ1) is 15.5. The van der Waals surface area contributed by atoms with Crippen molar-refractivity contribution in [1.29, 1.82) is 0 Å². The van der Waals surface area contributed by atoms with Crippen LogP contribution in [0, 0.1) is 0 Å². The smallest absolute Gasteiger partial charge is 0.263 e. The maximum atomic E-state index is 13.4. The number of halogens is 1. The van der Waals surface area contributed by atoms with Crippen molar-refractivity contribution in [2.24, 2.45) is 0 Å². The monoisotopic (exact) mass is 484 g/mol. The lowest BCUT2D eigenvalue weighted by Gasteiger charge is -2.13. The minimum Gasteiger partial charge on any atom is -0.419 e. The molecule has 32 heavy (non-hydrogen) atoms. The predicted molar refractivity (Wildman–Crippen MR) is 130 cm³/mol. The Balaban J connectivity index is 1.50. The number of fused-ring (bicyclic) bond motifs is 3. The molecule has 1 aliphatic carbocycles. The van der Waals surface area contributed by atoms with Crippen LogP contribution in [0.15, 0.2) is 51.3 Å². The summed E-state index contributed by atoms with van der Waals surface area (Å²) >= 11 is 9.17. The standard InChI is InChI=1S/C23H21ClN4O2S2/c1-3-11-28-22(29)18-16-9-4-5-10-17(16)32-21(18)25-23(28)31-13(2)19-26-27-20(30-19)14-7-6-8-15(24)12-14/h3,6-8,12-13H,1,4-5,9-11H2,2H3/t13-/m0/s1. The summed E-state index contributed by atoms with van der Waals surface area (Å²) in [6, 6.07) is 7.29. The first-order valence-electron chi connectivity index (χ1n) is 10.5. The number of hydrogen-bond acceptors (Lipinski definition) is 7. The van der Waals surface area contributed by atoms with Crippen LogP contribution in [-0.2, 0) is 19.4 Å². The van der Waals surface area contributed by atoms with Gasteiger partial charge in [0.25, 0.3) is 5.56 Å². The van der Waals surface area contributed by atoms with Crippen LogP contribution < -0.4 is 5.56 Å². The molecule has 1 aromatic carbocycles. The van der Waals surface area contributed by atoms with Crippen molar-refractivity contribution in [2.45, 2.75) is 49.6 Å². The number of thioether (sulfide) groups is 1. The molecule has 9 heteroatoms. The third-order valence-corrected chi connectivity index (χ3v) is 7.99. The molecule has 0 bridgehead atoms. The number of nitrogens with zero attached hydrogens (tertiary/aromatic N) is 4. The maximum absolute atomic E-state index is 13.4. The Labute approximate surface area is 198 Å². The van der Waals surface area contributed by atoms with Crippen molar-refractivity contribution in [1.82, 2.24) is 19.7 Å². The van der Waals surface area contributed by atoms with E-state index in [2.05, 4.69) is 16.8 Å². The van der Waals surface area contributed by atoms with Crippen LogP contribution in [0.2, 0.25) is 5.02 Å². The molecule has 4 aromatic rings. The maximum Gasteiger partial charge on any atom is 0.263 e. The molecule has 1 atom stereocenters. The number of allylic oxidation sites excluding steroid dienone is 1. The van der Waals surface area contributed by atoms with Crippen molar-refractivity contribution in [3.05, 3.63) is 68.6 Å². The van der Waals surface area contributed by atoms with Gasteiger partial charge < -0.3 is 4.42 Å². The van der Waals surface area contributed by atoms with Gasteiger partial charge in [0.1, 0.15) is 4.83 Å². The first kappa shape index (κ1) is 21.4. The quantitative estimate of drug-likeness (QED) is 0.187. The number of aryl methyl sites for hydroxylation is 2. The van der Waals surface area contributed by atoms with Crippen LogP contribution in [0.5, 0.6) is 0 Å². The van der Waals surface area contributed by atoms with Gasteiger partial charge in [-0.15, -0.1) is 28.1 Å². The van der Waals surface area contributed by atoms with Gasteiger partial charge in [-0.2, -0.15) is 0 Å². The summed E-state index contributed by atoms with van der Waals surface area (Å²) in [6.45, 7) is 6.20. The highest BCUT2D eigenvalue weighted by molar-refractivity contribution is 7.99. The summed E-state index contributed by atoms with van der Waals surface area (Å²) < 4.78 is 7.61. The van der Waals surface area contributed by atoms with E-state index >= 15 is 0 Å². The van der Waals surface area contributed by atoms with Gasteiger partial charge in [-0.3, -0.25) is 9.36 Å². The summed E-state index contributed by atoms with van der Waals surface area (Å²) in [5.74, 6) is 0.878. The molecule has 0 radical (unpaired) electrons. The Hall–Kier alpha value is -2.42. The average molecular weight is 485 g/mol. The minimum absolute atomic E-state index is 0.00847. The second-order valence-corrected chi connectivity index (χ2v) is 10.5. The Kier molecular flexibility index (Phi) is 5.92. The number of aromatic nitrogens is 4. The highest BCUT2D eigenvalue weighted by Gasteiger charge is 2.24. The third-order valence-electron chi connectivity index (χ3n) is 5.49. The Morgan fingerprint density at radius 2 is 2.19 bits per heavy atom. The van der Waals surface area contributed by atoms with Gasteiger partial charge in [-0.05, 0) is 56.4 Å². The van der Waals surface area contributed by atoms with Gasteiger partial charge in [0.05, 0.1) is 10.6 Å². The van der Waals surface area contributed by atoms with E-state index in [-0.39, 0.29) is 10.8 Å². The van der Waals surface area contributed by atoms with E-state index in [1.165, 1.54) is 28.6 Å². The highest BCUT2D eigenvalue weighted by atomic mass is 35.5. The number of rotatable bonds is 6. The van der Waals surface area contributed by atoms with Crippen LogP contribution in [-0.4, -0.2) is 19.7 Å². The van der Waals surface area contributed by atoms with E-state index in [0.29, 0.717) is 28.5 Å². The average Bonchev–Trinajstić information content (AvgIpc) is 3.41. The fraction of sp³-hybridized carbons (Fsp3) is 0.304. The van der Waals surface area contributed by atoms with Crippen molar-refractivity contribution < 1.29 is 4.42 Å². The fourth-order valence-corrected chi connectivity index (χ4v) is 6.39. The summed E-state index contributed by atoms with van der Waals surface area (Å²) in [4.78, 5) is 20.4. The van der Waals surface area contributed by atoms with Crippen LogP contribution in [0.25, 0.3) is 21.7 Å². The molecule has 164 valence electrons. The molecule has 0 saturated heterocycles. The molecule has 5 rings (SSSR count). The van der Waals surface area contributed by atoms with Gasteiger partial charge in [-0.25, -0.2) is 4.98 Å². The van der Waals surface area contributed by atoms with Crippen molar-refractivity contribution in [3.63, 3.8) is 0 Å². The first-order valence-corrected chi connectivity index (χ1v) is 12.5. The molecular formula is C23H21ClN4O2S2. The van der Waals surface area contributed by atoms with Gasteiger partial charge in [0, 0.05) is 22.0 Å². The molecule has 0 amide bonds. The Morgan fingerprint density at radius 3 is 3.00 bits per heavy atom. The molecule has 3 heterocycles. The topological polar surface area (TPSA) is 73.8 Å². The largest absolute Gasteiger partial charge is 0.419 e. The summed E-state index contributed by atoms with van der Waals surface area (Å²) in [5.41, 5.74) is 1.97. The van der Waals surface area contributed by atoms with Gasteiger partial charge in [-0.1, -0.05) is 35.5 Å². The highest BCUT2D eigenvalue weighted by Crippen LogP contribution is 2.38. The summed E-state index contributed by atoms with van der Waals surface area (Å²) in [5, 5.41) is 10.2. The van der Waals surface area contributed by atoms with E-state index in [0.717, 1.165) is 35.0 Å². The minimum atomic E-state index is -0.189. The van der Waals surface area contributed by atoms with Crippen LogP contribution in [0.4, 0.5) is 0 Å². The number of hydrogen-bond donors (Lipinski definition) is 0. The van der Waals surface area contributed by atoms with E-state index in [9.17, 15) is 4.79 Å².